The fourth-order valence-corrected chi connectivity index (χ4v) is 4.27. The highest BCUT2D eigenvalue weighted by Gasteiger charge is 2.30. The second-order valence-electron chi connectivity index (χ2n) is 7.77. The van der Waals surface area contributed by atoms with E-state index in [0.717, 1.165) is 18.7 Å². The molecule has 0 spiro atoms. The molecule has 0 radical (unpaired) electrons. The Morgan fingerprint density at radius 1 is 1.00 bits per heavy atom. The number of rotatable bonds is 5. The Labute approximate surface area is 171 Å². The fourth-order valence-electron chi connectivity index (χ4n) is 4.27. The van der Waals surface area contributed by atoms with Gasteiger partial charge >= 0.3 is 5.97 Å². The summed E-state index contributed by atoms with van der Waals surface area (Å²) in [4.78, 5) is 18.0. The van der Waals surface area contributed by atoms with E-state index in [1.54, 1.807) is 0 Å². The van der Waals surface area contributed by atoms with Crippen LogP contribution in [0.5, 0.6) is 0 Å². The van der Waals surface area contributed by atoms with Gasteiger partial charge in [-0.25, -0.2) is 0 Å². The molecule has 1 aliphatic rings. The summed E-state index contributed by atoms with van der Waals surface area (Å²) in [6.07, 6.45) is 5.14. The van der Waals surface area contributed by atoms with Gasteiger partial charge in [0.1, 0.15) is 0 Å². The van der Waals surface area contributed by atoms with Crippen LogP contribution in [-0.2, 0) is 4.79 Å². The zero-order chi connectivity index (χ0) is 20.2. The van der Waals surface area contributed by atoms with Gasteiger partial charge in [0, 0.05) is 12.4 Å². The number of carboxylic acid groups (broad SMARTS) is 1. The third-order valence-corrected chi connectivity index (χ3v) is 5.94. The molecule has 2 heterocycles. The SMILES string of the molecule is Cc1cnccc1C(c1ccc(-c2ccccc2)cc1)N1CCC(C(=O)O)CC1. The van der Waals surface area contributed by atoms with Crippen molar-refractivity contribution in [2.75, 3.05) is 13.1 Å². The van der Waals surface area contributed by atoms with Crippen molar-refractivity contribution >= 4 is 5.97 Å². The molecule has 1 fully saturated rings. The maximum absolute atomic E-state index is 11.4. The van der Waals surface area contributed by atoms with Crippen molar-refractivity contribution in [3.05, 3.63) is 89.7 Å². The van der Waals surface area contributed by atoms with E-state index in [1.807, 2.05) is 18.5 Å². The molecule has 1 saturated heterocycles. The minimum atomic E-state index is -0.673. The van der Waals surface area contributed by atoms with E-state index in [2.05, 4.69) is 71.4 Å². The van der Waals surface area contributed by atoms with Crippen LogP contribution in [0.1, 0.15) is 35.6 Å². The lowest BCUT2D eigenvalue weighted by molar-refractivity contribution is -0.143. The van der Waals surface area contributed by atoms with E-state index in [0.29, 0.717) is 12.8 Å². The predicted octanol–water partition coefficient (Wildman–Crippen LogP) is 4.94. The molecule has 0 bridgehead atoms. The Hall–Kier alpha value is -2.98. The van der Waals surface area contributed by atoms with Crippen molar-refractivity contribution in [1.29, 1.82) is 0 Å². The van der Waals surface area contributed by atoms with Gasteiger partial charge in [-0.05, 0) is 66.7 Å². The monoisotopic (exact) mass is 386 g/mol. The number of aryl methyl sites for hydroxylation is 1. The van der Waals surface area contributed by atoms with Gasteiger partial charge < -0.3 is 5.11 Å². The molecule has 4 nitrogen and oxygen atoms in total. The number of hydrogen-bond donors (Lipinski definition) is 1. The van der Waals surface area contributed by atoms with E-state index in [9.17, 15) is 9.90 Å². The third-order valence-electron chi connectivity index (χ3n) is 5.94. The maximum atomic E-state index is 11.4. The Morgan fingerprint density at radius 3 is 2.28 bits per heavy atom. The molecule has 1 aromatic heterocycles. The summed E-state index contributed by atoms with van der Waals surface area (Å²) in [5, 5.41) is 9.35. The van der Waals surface area contributed by atoms with Gasteiger partial charge in [-0.2, -0.15) is 0 Å². The number of piperidine rings is 1. The van der Waals surface area contributed by atoms with Gasteiger partial charge in [0.2, 0.25) is 0 Å². The van der Waals surface area contributed by atoms with Gasteiger partial charge in [0.25, 0.3) is 0 Å². The van der Waals surface area contributed by atoms with Gasteiger partial charge in [0.15, 0.2) is 0 Å². The van der Waals surface area contributed by atoms with Gasteiger partial charge in [-0.1, -0.05) is 54.6 Å². The standard InChI is InChI=1S/C25H26N2O2/c1-18-17-26-14-11-23(18)24(27-15-12-22(13-16-27)25(28)29)21-9-7-20(8-10-21)19-5-3-2-4-6-19/h2-11,14,17,22,24H,12-13,15-16H2,1H3,(H,28,29). The van der Waals surface area contributed by atoms with Gasteiger partial charge in [0.05, 0.1) is 12.0 Å². The van der Waals surface area contributed by atoms with Crippen molar-refractivity contribution in [2.45, 2.75) is 25.8 Å². The predicted molar refractivity (Wildman–Crippen MR) is 115 cm³/mol. The summed E-state index contributed by atoms with van der Waals surface area (Å²) in [5.74, 6) is -0.903. The van der Waals surface area contributed by atoms with Crippen LogP contribution in [0.3, 0.4) is 0 Å². The molecule has 148 valence electrons. The van der Waals surface area contributed by atoms with E-state index < -0.39 is 5.97 Å². The molecule has 0 saturated carbocycles. The first-order valence-corrected chi connectivity index (χ1v) is 10.2. The number of benzene rings is 2. The van der Waals surface area contributed by atoms with E-state index >= 15 is 0 Å². The van der Waals surface area contributed by atoms with Crippen molar-refractivity contribution < 1.29 is 9.90 Å². The number of aliphatic carboxylic acids is 1. The minimum Gasteiger partial charge on any atom is -0.481 e. The van der Waals surface area contributed by atoms with Crippen LogP contribution in [0.25, 0.3) is 11.1 Å². The molecule has 29 heavy (non-hydrogen) atoms. The van der Waals surface area contributed by atoms with Gasteiger partial charge in [-0.3, -0.25) is 14.7 Å². The lowest BCUT2D eigenvalue weighted by atomic mass is 9.89. The number of carbonyl (C=O) groups is 1. The van der Waals surface area contributed by atoms with E-state index in [-0.39, 0.29) is 12.0 Å². The first kappa shape index (κ1) is 19.3. The van der Waals surface area contributed by atoms with Crippen molar-refractivity contribution in [1.82, 2.24) is 9.88 Å². The first-order chi connectivity index (χ1) is 14.1. The molecule has 1 N–H and O–H groups in total. The molecule has 4 heteroatoms. The Morgan fingerprint density at radius 2 is 1.66 bits per heavy atom. The Bertz CT molecular complexity index is 962. The highest BCUT2D eigenvalue weighted by Crippen LogP contribution is 2.34. The minimum absolute atomic E-state index is 0.109. The number of carboxylic acids is 1. The summed E-state index contributed by atoms with van der Waals surface area (Å²) in [5.41, 5.74) is 6.03. The van der Waals surface area contributed by atoms with Crippen LogP contribution in [0.2, 0.25) is 0 Å². The largest absolute Gasteiger partial charge is 0.481 e. The lowest BCUT2D eigenvalue weighted by Gasteiger charge is -2.37. The molecule has 0 amide bonds. The molecular weight excluding hydrogens is 360 g/mol. The van der Waals surface area contributed by atoms with E-state index in [4.69, 9.17) is 0 Å². The summed E-state index contributed by atoms with van der Waals surface area (Å²) in [6, 6.07) is 21.3. The zero-order valence-electron chi connectivity index (χ0n) is 16.7. The highest BCUT2D eigenvalue weighted by molar-refractivity contribution is 5.70. The number of hydrogen-bond acceptors (Lipinski definition) is 3. The van der Waals surface area contributed by atoms with E-state index in [1.165, 1.54) is 22.3 Å². The van der Waals surface area contributed by atoms with Crippen LogP contribution in [0, 0.1) is 12.8 Å². The zero-order valence-corrected chi connectivity index (χ0v) is 16.7. The van der Waals surface area contributed by atoms with Crippen LogP contribution >= 0.6 is 0 Å². The topological polar surface area (TPSA) is 53.4 Å². The second kappa shape index (κ2) is 8.58. The molecule has 1 unspecified atom stereocenters. The molecule has 2 aromatic carbocycles. The summed E-state index contributed by atoms with van der Waals surface area (Å²) in [6.45, 7) is 3.66. The molecule has 1 atom stereocenters. The second-order valence-corrected chi connectivity index (χ2v) is 7.77. The number of aromatic nitrogens is 1. The van der Waals surface area contributed by atoms with Crippen molar-refractivity contribution in [3.8, 4) is 11.1 Å². The van der Waals surface area contributed by atoms with Crippen LogP contribution in [0.4, 0.5) is 0 Å². The normalized spacial score (nSPS) is 16.4. The summed E-state index contributed by atoms with van der Waals surface area (Å²) < 4.78 is 0. The smallest absolute Gasteiger partial charge is 0.306 e. The summed E-state index contributed by atoms with van der Waals surface area (Å²) >= 11 is 0. The molecule has 3 aromatic rings. The molecule has 1 aliphatic heterocycles. The third kappa shape index (κ3) is 4.22. The molecule has 0 aliphatic carbocycles. The number of pyridine rings is 1. The fraction of sp³-hybridized carbons (Fsp3) is 0.280. The van der Waals surface area contributed by atoms with Crippen LogP contribution < -0.4 is 0 Å². The average Bonchev–Trinajstić information content (AvgIpc) is 2.77. The molecule has 4 rings (SSSR count). The summed E-state index contributed by atoms with van der Waals surface area (Å²) in [7, 11) is 0. The molecular formula is C25H26N2O2. The Balaban J connectivity index is 1.66. The number of nitrogens with zero attached hydrogens (tertiary/aromatic N) is 2. The van der Waals surface area contributed by atoms with Crippen LogP contribution in [-0.4, -0.2) is 34.0 Å². The first-order valence-electron chi connectivity index (χ1n) is 10.2. The maximum Gasteiger partial charge on any atom is 0.306 e. The lowest BCUT2D eigenvalue weighted by Crippen LogP contribution is -2.39. The number of likely N-dealkylation sites (tertiary alicyclic amines) is 1. The van der Waals surface area contributed by atoms with Crippen LogP contribution in [0.15, 0.2) is 73.1 Å². The average molecular weight is 386 g/mol. The van der Waals surface area contributed by atoms with Gasteiger partial charge in [-0.15, -0.1) is 0 Å². The van der Waals surface area contributed by atoms with Crippen molar-refractivity contribution in [3.63, 3.8) is 0 Å². The Kier molecular flexibility index (Phi) is 5.72. The highest BCUT2D eigenvalue weighted by atomic mass is 16.4. The van der Waals surface area contributed by atoms with Crippen molar-refractivity contribution in [2.24, 2.45) is 5.92 Å². The quantitative estimate of drug-likeness (QED) is 0.675.